The highest BCUT2D eigenvalue weighted by atomic mass is 16.5. The summed E-state index contributed by atoms with van der Waals surface area (Å²) in [5.41, 5.74) is 0. The Bertz CT molecular complexity index is 485. The van der Waals surface area contributed by atoms with E-state index in [-0.39, 0.29) is 12.4 Å². The Morgan fingerprint density at radius 1 is 0.839 bits per heavy atom. The number of carboxylic acids is 1. The van der Waals surface area contributed by atoms with Gasteiger partial charge in [-0.05, 0) is 38.5 Å². The second kappa shape index (κ2) is 19.3. The number of unbranched alkanes of at least 4 members (excludes halogenated alkanes) is 11. The highest BCUT2D eigenvalue weighted by Crippen LogP contribution is 2.12. The lowest BCUT2D eigenvalue weighted by molar-refractivity contribution is -0.873. The number of ether oxygens (including phenoxy) is 1. The van der Waals surface area contributed by atoms with Crippen LogP contribution < -0.4 is 5.11 Å². The lowest BCUT2D eigenvalue weighted by Gasteiger charge is -2.29. The van der Waals surface area contributed by atoms with E-state index in [1.807, 2.05) is 21.1 Å². The van der Waals surface area contributed by atoms with Crippen LogP contribution >= 0.6 is 0 Å². The number of carboxylic acid groups (broad SMARTS) is 1. The Hall–Kier alpha value is -1.40. The average molecular weight is 442 g/mol. The van der Waals surface area contributed by atoms with Gasteiger partial charge in [0.2, 0.25) is 0 Å². The van der Waals surface area contributed by atoms with Crippen LogP contribution in [0.5, 0.6) is 0 Å². The highest BCUT2D eigenvalue weighted by molar-refractivity contribution is 5.70. The quantitative estimate of drug-likeness (QED) is 0.127. The minimum Gasteiger partial charge on any atom is -0.550 e. The molecule has 0 spiro atoms. The number of quaternary nitrogens is 1. The predicted molar refractivity (Wildman–Crippen MR) is 123 cm³/mol. The molecule has 0 aliphatic heterocycles. The molecule has 1 unspecified atom stereocenters. The molecule has 6 heteroatoms. The fourth-order valence-electron chi connectivity index (χ4n) is 3.56. The van der Waals surface area contributed by atoms with E-state index in [9.17, 15) is 14.7 Å². The number of aliphatic hydroxyl groups excluding tert-OH is 1. The number of aliphatic hydroxyl groups is 1. The van der Waals surface area contributed by atoms with Gasteiger partial charge in [0.25, 0.3) is 0 Å². The number of aliphatic carboxylic acids is 1. The van der Waals surface area contributed by atoms with Crippen LogP contribution in [0.15, 0.2) is 12.2 Å². The van der Waals surface area contributed by atoms with Gasteiger partial charge < -0.3 is 24.2 Å². The Labute approximate surface area is 190 Å². The first-order chi connectivity index (χ1) is 14.7. The van der Waals surface area contributed by atoms with Crippen molar-refractivity contribution in [2.75, 3.05) is 34.3 Å². The van der Waals surface area contributed by atoms with Gasteiger partial charge in [0, 0.05) is 25.4 Å². The van der Waals surface area contributed by atoms with Crippen molar-refractivity contribution in [2.24, 2.45) is 0 Å². The number of rotatable bonds is 21. The van der Waals surface area contributed by atoms with Crippen molar-refractivity contribution in [1.29, 1.82) is 0 Å². The zero-order valence-electron chi connectivity index (χ0n) is 20.3. The SMILES string of the molecule is C[N+](C)(C)CC(CC(=O)[O-])OC(=O)CCCCCCCCCCC=CCCCCCO. The number of allylic oxidation sites excluding steroid dienone is 2. The summed E-state index contributed by atoms with van der Waals surface area (Å²) in [7, 11) is 5.82. The molecule has 0 fully saturated rings. The number of likely N-dealkylation sites (N-methyl/N-ethyl adjacent to an activating group) is 1. The summed E-state index contributed by atoms with van der Waals surface area (Å²) in [6.45, 7) is 0.765. The molecule has 0 bridgehead atoms. The van der Waals surface area contributed by atoms with Crippen molar-refractivity contribution in [3.05, 3.63) is 12.2 Å². The van der Waals surface area contributed by atoms with E-state index in [1.54, 1.807) is 0 Å². The monoisotopic (exact) mass is 441 g/mol. The van der Waals surface area contributed by atoms with Crippen molar-refractivity contribution in [2.45, 2.75) is 102 Å². The van der Waals surface area contributed by atoms with Gasteiger partial charge in [-0.25, -0.2) is 0 Å². The summed E-state index contributed by atoms with van der Waals surface area (Å²) < 4.78 is 5.91. The molecule has 0 aliphatic rings. The van der Waals surface area contributed by atoms with Crippen LogP contribution in [-0.2, 0) is 14.3 Å². The van der Waals surface area contributed by atoms with Crippen LogP contribution in [0.1, 0.15) is 96.3 Å². The van der Waals surface area contributed by atoms with Crippen LogP contribution in [0.25, 0.3) is 0 Å². The molecule has 0 saturated carbocycles. The van der Waals surface area contributed by atoms with E-state index >= 15 is 0 Å². The standard InChI is InChI=1S/C25H47NO5/c1-26(2,3)22-23(21-24(28)29)31-25(30)19-17-15-13-11-9-7-5-4-6-8-10-12-14-16-18-20-27/h8,10,23,27H,4-7,9,11-22H2,1-3H3. The maximum atomic E-state index is 12.0. The van der Waals surface area contributed by atoms with E-state index in [1.165, 1.54) is 38.5 Å². The normalized spacial score (nSPS) is 12.9. The zero-order valence-corrected chi connectivity index (χ0v) is 20.3. The minimum absolute atomic E-state index is 0.248. The molecule has 31 heavy (non-hydrogen) atoms. The first-order valence-electron chi connectivity index (χ1n) is 12.2. The minimum atomic E-state index is -1.18. The van der Waals surface area contributed by atoms with E-state index < -0.39 is 12.1 Å². The Morgan fingerprint density at radius 3 is 1.81 bits per heavy atom. The van der Waals surface area contributed by atoms with Gasteiger partial charge in [0.1, 0.15) is 6.54 Å². The molecule has 0 aromatic rings. The van der Waals surface area contributed by atoms with Crippen LogP contribution in [-0.4, -0.2) is 61.9 Å². The van der Waals surface area contributed by atoms with Crippen molar-refractivity contribution in [3.63, 3.8) is 0 Å². The van der Waals surface area contributed by atoms with E-state index in [2.05, 4.69) is 12.2 Å². The first kappa shape index (κ1) is 29.6. The third-order valence-corrected chi connectivity index (χ3v) is 5.14. The molecule has 0 aromatic heterocycles. The number of hydrogen-bond acceptors (Lipinski definition) is 5. The van der Waals surface area contributed by atoms with Crippen LogP contribution in [0, 0.1) is 0 Å². The van der Waals surface area contributed by atoms with Crippen molar-refractivity contribution in [3.8, 4) is 0 Å². The molecule has 182 valence electrons. The first-order valence-corrected chi connectivity index (χ1v) is 12.2. The van der Waals surface area contributed by atoms with E-state index in [0.29, 0.717) is 24.1 Å². The van der Waals surface area contributed by atoms with Gasteiger partial charge in [-0.3, -0.25) is 4.79 Å². The van der Waals surface area contributed by atoms with Gasteiger partial charge in [-0.2, -0.15) is 0 Å². The molecule has 1 atom stereocenters. The zero-order chi connectivity index (χ0) is 23.4. The number of carbonyl (C=O) groups excluding carboxylic acids is 2. The fourth-order valence-corrected chi connectivity index (χ4v) is 3.56. The Balaban J connectivity index is 3.59. The van der Waals surface area contributed by atoms with Crippen LogP contribution in [0.4, 0.5) is 0 Å². The predicted octanol–water partition coefficient (Wildman–Crippen LogP) is 3.75. The summed E-state index contributed by atoms with van der Waals surface area (Å²) in [6.07, 6.45) is 18.7. The molecule has 1 N–H and O–H groups in total. The van der Waals surface area contributed by atoms with Gasteiger partial charge in [-0.1, -0.05) is 57.1 Å². The summed E-state index contributed by atoms with van der Waals surface area (Å²) in [4.78, 5) is 22.9. The van der Waals surface area contributed by atoms with Crippen molar-refractivity contribution >= 4 is 11.9 Å². The Morgan fingerprint density at radius 2 is 1.32 bits per heavy atom. The largest absolute Gasteiger partial charge is 0.550 e. The highest BCUT2D eigenvalue weighted by Gasteiger charge is 2.22. The molecule has 0 amide bonds. The second-order valence-corrected chi connectivity index (χ2v) is 9.57. The van der Waals surface area contributed by atoms with Gasteiger partial charge in [-0.15, -0.1) is 0 Å². The molecular formula is C25H47NO5. The topological polar surface area (TPSA) is 86.7 Å². The summed E-state index contributed by atoms with van der Waals surface area (Å²) in [5, 5.41) is 19.6. The number of esters is 1. The fraction of sp³-hybridized carbons (Fsp3) is 0.840. The second-order valence-electron chi connectivity index (χ2n) is 9.57. The van der Waals surface area contributed by atoms with Gasteiger partial charge in [0.05, 0.1) is 21.1 Å². The van der Waals surface area contributed by atoms with Crippen molar-refractivity contribution in [1.82, 2.24) is 0 Å². The smallest absolute Gasteiger partial charge is 0.306 e. The number of nitrogens with zero attached hydrogens (tertiary/aromatic N) is 1. The number of hydrogen-bond donors (Lipinski definition) is 1. The molecule has 0 heterocycles. The summed E-state index contributed by atoms with van der Waals surface area (Å²) in [5.74, 6) is -1.49. The molecule has 0 saturated heterocycles. The van der Waals surface area contributed by atoms with Crippen LogP contribution in [0.2, 0.25) is 0 Å². The lowest BCUT2D eigenvalue weighted by Crippen LogP contribution is -2.45. The third-order valence-electron chi connectivity index (χ3n) is 5.14. The van der Waals surface area contributed by atoms with Crippen molar-refractivity contribution < 1.29 is 29.0 Å². The average Bonchev–Trinajstić information content (AvgIpc) is 2.65. The molecule has 0 radical (unpaired) electrons. The maximum absolute atomic E-state index is 12.0. The number of carbonyl (C=O) groups is 2. The molecular weight excluding hydrogens is 394 g/mol. The summed E-state index contributed by atoms with van der Waals surface area (Å²) >= 11 is 0. The third kappa shape index (κ3) is 23.1. The molecule has 6 nitrogen and oxygen atoms in total. The molecule has 0 aromatic carbocycles. The maximum Gasteiger partial charge on any atom is 0.306 e. The molecule has 0 rings (SSSR count). The Kier molecular flexibility index (Phi) is 18.4. The molecule has 0 aliphatic carbocycles. The lowest BCUT2D eigenvalue weighted by atomic mass is 10.1. The van der Waals surface area contributed by atoms with Gasteiger partial charge >= 0.3 is 5.97 Å². The van der Waals surface area contributed by atoms with Gasteiger partial charge in [0.15, 0.2) is 6.10 Å². The van der Waals surface area contributed by atoms with E-state index in [4.69, 9.17) is 9.84 Å². The van der Waals surface area contributed by atoms with Crippen LogP contribution in [0.3, 0.4) is 0 Å². The summed E-state index contributed by atoms with van der Waals surface area (Å²) in [6, 6.07) is 0. The van der Waals surface area contributed by atoms with E-state index in [0.717, 1.165) is 44.9 Å².